The van der Waals surface area contributed by atoms with Crippen molar-refractivity contribution in [1.82, 2.24) is 5.43 Å². The molecule has 3 aromatic carbocycles. The maximum Gasteiger partial charge on any atom is 0.303 e. The molecule has 180 valence electrons. The second-order valence-electron chi connectivity index (χ2n) is 7.95. The number of aliphatic carboxylic acids is 1. The van der Waals surface area contributed by atoms with Gasteiger partial charge >= 0.3 is 5.97 Å². The van der Waals surface area contributed by atoms with E-state index in [1.54, 1.807) is 91.9 Å². The Hall–Kier alpha value is -4.30. The van der Waals surface area contributed by atoms with Crippen LogP contribution in [0.5, 0.6) is 0 Å². The Morgan fingerprint density at radius 1 is 0.829 bits per heavy atom. The van der Waals surface area contributed by atoms with E-state index >= 15 is 0 Å². The van der Waals surface area contributed by atoms with Crippen molar-refractivity contribution in [2.45, 2.75) is 31.8 Å². The summed E-state index contributed by atoms with van der Waals surface area (Å²) in [4.78, 5) is 35.6. The largest absolute Gasteiger partial charge is 0.481 e. The zero-order valence-corrected chi connectivity index (χ0v) is 19.3. The van der Waals surface area contributed by atoms with E-state index in [0.717, 1.165) is 0 Å². The Labute approximate surface area is 203 Å². The maximum atomic E-state index is 13.2. The van der Waals surface area contributed by atoms with Crippen molar-refractivity contribution in [2.24, 2.45) is 5.10 Å². The first-order chi connectivity index (χ1) is 16.8. The molecule has 0 bridgehead atoms. The zero-order chi connectivity index (χ0) is 25.3. The van der Waals surface area contributed by atoms with Crippen LogP contribution in [0, 0.1) is 0 Å². The molecule has 0 radical (unpaired) electrons. The first-order valence-electron chi connectivity index (χ1n) is 11.1. The van der Waals surface area contributed by atoms with E-state index in [9.17, 15) is 19.5 Å². The average Bonchev–Trinajstić information content (AvgIpc) is 2.87. The van der Waals surface area contributed by atoms with Crippen molar-refractivity contribution in [3.8, 4) is 0 Å². The molecule has 0 atom stereocenters. The normalized spacial score (nSPS) is 11.5. The summed E-state index contributed by atoms with van der Waals surface area (Å²) < 4.78 is 0. The van der Waals surface area contributed by atoms with Crippen molar-refractivity contribution in [3.63, 3.8) is 0 Å². The SMILES string of the molecule is C/C(=N/NC(=O)C(O)(c1ccccc1)c1ccccc1)c1ccc(NC(=O)CCCC(=O)O)cc1. The molecule has 4 N–H and O–H groups in total. The number of carboxylic acid groups (broad SMARTS) is 1. The molecule has 0 heterocycles. The molecule has 0 spiro atoms. The van der Waals surface area contributed by atoms with Crippen LogP contribution >= 0.6 is 0 Å². The molecular weight excluding hydrogens is 446 g/mol. The van der Waals surface area contributed by atoms with E-state index in [-0.39, 0.29) is 25.2 Å². The lowest BCUT2D eigenvalue weighted by molar-refractivity contribution is -0.137. The van der Waals surface area contributed by atoms with Gasteiger partial charge in [-0.1, -0.05) is 72.8 Å². The minimum atomic E-state index is -1.93. The predicted molar refractivity (Wildman–Crippen MR) is 133 cm³/mol. The van der Waals surface area contributed by atoms with Crippen LogP contribution in [0.3, 0.4) is 0 Å². The molecule has 2 amide bonds. The summed E-state index contributed by atoms with van der Waals surface area (Å²) >= 11 is 0. The highest BCUT2D eigenvalue weighted by molar-refractivity contribution is 6.00. The molecule has 8 heteroatoms. The fourth-order valence-corrected chi connectivity index (χ4v) is 3.49. The van der Waals surface area contributed by atoms with Gasteiger partial charge in [-0.25, -0.2) is 5.43 Å². The standard InChI is InChI=1S/C27H27N3O5/c1-19(20-15-17-23(18-16-20)28-24(31)13-8-14-25(32)33)29-30-26(34)27(35,21-9-4-2-5-10-21)22-11-6-3-7-12-22/h2-7,9-12,15-18,35H,8,13-14H2,1H3,(H,28,31)(H,30,34)(H,32,33)/b29-19-. The molecule has 35 heavy (non-hydrogen) atoms. The van der Waals surface area contributed by atoms with E-state index in [4.69, 9.17) is 5.11 Å². The number of hydrogen-bond acceptors (Lipinski definition) is 5. The van der Waals surface area contributed by atoms with Gasteiger partial charge in [0.2, 0.25) is 5.91 Å². The van der Waals surface area contributed by atoms with Gasteiger partial charge in [0.05, 0.1) is 5.71 Å². The second kappa shape index (κ2) is 11.7. The van der Waals surface area contributed by atoms with E-state index in [0.29, 0.717) is 28.1 Å². The number of nitrogens with one attached hydrogen (secondary N) is 2. The summed E-state index contributed by atoms with van der Waals surface area (Å²) in [5, 5.41) is 27.0. The summed E-state index contributed by atoms with van der Waals surface area (Å²) in [7, 11) is 0. The predicted octanol–water partition coefficient (Wildman–Crippen LogP) is 3.66. The third-order valence-corrected chi connectivity index (χ3v) is 5.42. The van der Waals surface area contributed by atoms with Crippen LogP contribution in [0.4, 0.5) is 5.69 Å². The molecule has 8 nitrogen and oxygen atoms in total. The number of hydrogen-bond donors (Lipinski definition) is 4. The molecule has 0 aliphatic heterocycles. The molecular formula is C27H27N3O5. The van der Waals surface area contributed by atoms with Crippen molar-refractivity contribution >= 4 is 29.2 Å². The topological polar surface area (TPSA) is 128 Å². The number of carbonyl (C=O) groups is 3. The molecule has 0 aliphatic carbocycles. The number of carbonyl (C=O) groups excluding carboxylic acids is 2. The summed E-state index contributed by atoms with van der Waals surface area (Å²) in [6.45, 7) is 1.71. The van der Waals surface area contributed by atoms with Crippen LogP contribution < -0.4 is 10.7 Å². The fraction of sp³-hybridized carbons (Fsp3) is 0.185. The Kier molecular flexibility index (Phi) is 8.48. The minimum absolute atomic E-state index is 0.0581. The number of benzene rings is 3. The van der Waals surface area contributed by atoms with Crippen LogP contribution in [0.15, 0.2) is 90.0 Å². The van der Waals surface area contributed by atoms with Gasteiger partial charge in [0.1, 0.15) is 0 Å². The lowest BCUT2D eigenvalue weighted by atomic mass is 9.85. The Balaban J connectivity index is 1.70. The highest BCUT2D eigenvalue weighted by Crippen LogP contribution is 2.29. The Morgan fingerprint density at radius 2 is 1.37 bits per heavy atom. The van der Waals surface area contributed by atoms with Crippen molar-refractivity contribution in [3.05, 3.63) is 102 Å². The van der Waals surface area contributed by atoms with Crippen molar-refractivity contribution in [2.75, 3.05) is 5.32 Å². The first-order valence-corrected chi connectivity index (χ1v) is 11.1. The van der Waals surface area contributed by atoms with Gasteiger partial charge in [0.15, 0.2) is 5.60 Å². The summed E-state index contributed by atoms with van der Waals surface area (Å²) in [6.07, 6.45) is 0.326. The highest BCUT2D eigenvalue weighted by atomic mass is 16.4. The third kappa shape index (κ3) is 6.61. The zero-order valence-electron chi connectivity index (χ0n) is 19.3. The van der Waals surface area contributed by atoms with Gasteiger partial charge < -0.3 is 15.5 Å². The Bertz CT molecular complexity index is 1150. The molecule has 3 rings (SSSR count). The lowest BCUT2D eigenvalue weighted by Crippen LogP contribution is -2.43. The van der Waals surface area contributed by atoms with E-state index in [1.807, 2.05) is 0 Å². The van der Waals surface area contributed by atoms with Gasteiger partial charge in [-0.3, -0.25) is 14.4 Å². The Morgan fingerprint density at radius 3 is 1.89 bits per heavy atom. The first kappa shape index (κ1) is 25.3. The molecule has 0 aliphatic rings. The van der Waals surface area contributed by atoms with Gasteiger partial charge in [0, 0.05) is 18.5 Å². The smallest absolute Gasteiger partial charge is 0.303 e. The minimum Gasteiger partial charge on any atom is -0.481 e. The van der Waals surface area contributed by atoms with Crippen molar-refractivity contribution in [1.29, 1.82) is 0 Å². The van der Waals surface area contributed by atoms with Crippen LogP contribution in [-0.4, -0.2) is 33.7 Å². The highest BCUT2D eigenvalue weighted by Gasteiger charge is 2.39. The van der Waals surface area contributed by atoms with Crippen molar-refractivity contribution < 1.29 is 24.6 Å². The number of amides is 2. The van der Waals surface area contributed by atoms with Crippen LogP contribution in [0.1, 0.15) is 42.9 Å². The monoisotopic (exact) mass is 473 g/mol. The molecule has 0 saturated heterocycles. The number of carboxylic acids is 1. The van der Waals surface area contributed by atoms with Gasteiger partial charge in [0.25, 0.3) is 5.91 Å². The van der Waals surface area contributed by atoms with E-state index in [2.05, 4.69) is 15.8 Å². The number of aliphatic hydroxyl groups is 1. The number of rotatable bonds is 10. The molecule has 0 unspecified atom stereocenters. The van der Waals surface area contributed by atoms with Crippen LogP contribution in [0.25, 0.3) is 0 Å². The number of nitrogens with zero attached hydrogens (tertiary/aromatic N) is 1. The van der Waals surface area contributed by atoms with Gasteiger partial charge in [-0.05, 0) is 42.2 Å². The lowest BCUT2D eigenvalue weighted by Gasteiger charge is -2.27. The molecule has 0 fully saturated rings. The number of hydrazone groups is 1. The summed E-state index contributed by atoms with van der Waals surface area (Å²) in [5.41, 5.74) is 3.15. The van der Waals surface area contributed by atoms with Gasteiger partial charge in [-0.2, -0.15) is 5.10 Å². The van der Waals surface area contributed by atoms with Gasteiger partial charge in [-0.15, -0.1) is 0 Å². The third-order valence-electron chi connectivity index (χ3n) is 5.42. The van der Waals surface area contributed by atoms with E-state index in [1.165, 1.54) is 0 Å². The maximum absolute atomic E-state index is 13.2. The molecule has 0 aromatic heterocycles. The fourth-order valence-electron chi connectivity index (χ4n) is 3.49. The second-order valence-corrected chi connectivity index (χ2v) is 7.95. The summed E-state index contributed by atoms with van der Waals surface area (Å²) in [6, 6.07) is 24.2. The average molecular weight is 474 g/mol. The number of anilines is 1. The molecule has 0 saturated carbocycles. The quantitative estimate of drug-likeness (QED) is 0.264. The van der Waals surface area contributed by atoms with E-state index < -0.39 is 17.5 Å². The van der Waals surface area contributed by atoms with Crippen LogP contribution in [-0.2, 0) is 20.0 Å². The van der Waals surface area contributed by atoms with Crippen LogP contribution in [0.2, 0.25) is 0 Å². The summed E-state index contributed by atoms with van der Waals surface area (Å²) in [5.74, 6) is -1.90. The molecule has 3 aromatic rings.